The number of amidine groups is 1. The maximum absolute atomic E-state index is 4.49. The lowest BCUT2D eigenvalue weighted by Crippen LogP contribution is -2.52. The summed E-state index contributed by atoms with van der Waals surface area (Å²) in [5.41, 5.74) is 0. The fourth-order valence-corrected chi connectivity index (χ4v) is 1.85. The number of piperazine rings is 1. The number of hydrogen-bond donors (Lipinski definition) is 1. The van der Waals surface area contributed by atoms with E-state index in [0.29, 0.717) is 6.04 Å². The summed E-state index contributed by atoms with van der Waals surface area (Å²) in [6.07, 6.45) is 1.16. The Morgan fingerprint density at radius 2 is 2.55 bits per heavy atom. The van der Waals surface area contributed by atoms with Crippen molar-refractivity contribution >= 4 is 5.84 Å². The van der Waals surface area contributed by atoms with Crippen LogP contribution in [-0.2, 0) is 0 Å². The summed E-state index contributed by atoms with van der Waals surface area (Å²) in [5, 5.41) is 3.47. The Balaban J connectivity index is 2.11. The molecule has 2 aliphatic rings. The van der Waals surface area contributed by atoms with Crippen LogP contribution < -0.4 is 5.32 Å². The van der Waals surface area contributed by atoms with Gasteiger partial charge < -0.3 is 10.2 Å². The van der Waals surface area contributed by atoms with E-state index in [9.17, 15) is 0 Å². The monoisotopic (exact) mass is 153 g/mol. The maximum atomic E-state index is 4.49. The van der Waals surface area contributed by atoms with Gasteiger partial charge in [-0.2, -0.15) is 0 Å². The lowest BCUT2D eigenvalue weighted by atomic mass is 10.1. The molecule has 0 radical (unpaired) electrons. The molecule has 2 aliphatic heterocycles. The molecule has 62 valence electrons. The van der Waals surface area contributed by atoms with Crippen LogP contribution in [0.4, 0.5) is 0 Å². The Hall–Kier alpha value is -0.570. The Kier molecular flexibility index (Phi) is 1.82. The van der Waals surface area contributed by atoms with E-state index >= 15 is 0 Å². The summed E-state index contributed by atoms with van der Waals surface area (Å²) in [4.78, 5) is 6.90. The quantitative estimate of drug-likeness (QED) is 0.578. The molecular formula is C8H15N3. The van der Waals surface area contributed by atoms with Gasteiger partial charge in [0, 0.05) is 19.6 Å². The first-order valence-electron chi connectivity index (χ1n) is 4.44. The number of nitrogens with zero attached hydrogens (tertiary/aromatic N) is 2. The van der Waals surface area contributed by atoms with Crippen molar-refractivity contribution in [3.63, 3.8) is 0 Å². The SMILES string of the molecule is CCC1NCCN2CCN=C12. The van der Waals surface area contributed by atoms with Gasteiger partial charge in [-0.15, -0.1) is 0 Å². The first-order chi connectivity index (χ1) is 5.42. The Morgan fingerprint density at radius 1 is 1.64 bits per heavy atom. The average Bonchev–Trinajstić information content (AvgIpc) is 2.50. The highest BCUT2D eigenvalue weighted by Crippen LogP contribution is 2.10. The van der Waals surface area contributed by atoms with Crippen LogP contribution >= 0.6 is 0 Å². The van der Waals surface area contributed by atoms with Gasteiger partial charge >= 0.3 is 0 Å². The third-order valence-electron chi connectivity index (χ3n) is 2.46. The van der Waals surface area contributed by atoms with E-state index in [1.807, 2.05) is 0 Å². The predicted molar refractivity (Wildman–Crippen MR) is 46.0 cm³/mol. The molecule has 0 aromatic heterocycles. The van der Waals surface area contributed by atoms with Crippen LogP contribution in [0, 0.1) is 0 Å². The second-order valence-corrected chi connectivity index (χ2v) is 3.14. The molecular weight excluding hydrogens is 138 g/mol. The smallest absolute Gasteiger partial charge is 0.116 e. The van der Waals surface area contributed by atoms with Crippen molar-refractivity contribution in [2.24, 2.45) is 4.99 Å². The van der Waals surface area contributed by atoms with Crippen LogP contribution in [0.15, 0.2) is 4.99 Å². The minimum Gasteiger partial charge on any atom is -0.356 e. The summed E-state index contributed by atoms with van der Waals surface area (Å²) in [7, 11) is 0. The summed E-state index contributed by atoms with van der Waals surface area (Å²) >= 11 is 0. The predicted octanol–water partition coefficient (Wildman–Crippen LogP) is 0.0823. The fraction of sp³-hybridized carbons (Fsp3) is 0.875. The molecule has 2 rings (SSSR count). The van der Waals surface area contributed by atoms with E-state index in [4.69, 9.17) is 0 Å². The van der Waals surface area contributed by atoms with Gasteiger partial charge in [0.1, 0.15) is 5.84 Å². The van der Waals surface area contributed by atoms with Gasteiger partial charge in [0.25, 0.3) is 0 Å². The van der Waals surface area contributed by atoms with Crippen molar-refractivity contribution in [2.45, 2.75) is 19.4 Å². The highest BCUT2D eigenvalue weighted by molar-refractivity contribution is 5.89. The van der Waals surface area contributed by atoms with Gasteiger partial charge in [0.05, 0.1) is 12.6 Å². The lowest BCUT2D eigenvalue weighted by Gasteiger charge is -2.32. The molecule has 0 aliphatic carbocycles. The Bertz CT molecular complexity index is 176. The summed E-state index contributed by atoms with van der Waals surface area (Å²) in [6, 6.07) is 0.534. The second-order valence-electron chi connectivity index (χ2n) is 3.14. The van der Waals surface area contributed by atoms with Crippen molar-refractivity contribution in [1.82, 2.24) is 10.2 Å². The average molecular weight is 153 g/mol. The van der Waals surface area contributed by atoms with Crippen LogP contribution in [0.25, 0.3) is 0 Å². The molecule has 3 nitrogen and oxygen atoms in total. The number of fused-ring (bicyclic) bond motifs is 1. The van der Waals surface area contributed by atoms with Crippen LogP contribution in [0.5, 0.6) is 0 Å². The molecule has 3 heteroatoms. The number of hydrogen-bond acceptors (Lipinski definition) is 3. The van der Waals surface area contributed by atoms with Crippen molar-refractivity contribution in [1.29, 1.82) is 0 Å². The maximum Gasteiger partial charge on any atom is 0.116 e. The molecule has 1 saturated heterocycles. The van der Waals surface area contributed by atoms with Gasteiger partial charge in [-0.05, 0) is 6.42 Å². The number of aliphatic imine (C=N–C) groups is 1. The zero-order valence-electron chi connectivity index (χ0n) is 7.01. The minimum atomic E-state index is 0.534. The first-order valence-corrected chi connectivity index (χ1v) is 4.44. The molecule has 1 N–H and O–H groups in total. The van der Waals surface area contributed by atoms with E-state index < -0.39 is 0 Å². The molecule has 2 heterocycles. The third kappa shape index (κ3) is 1.13. The van der Waals surface area contributed by atoms with Crippen LogP contribution in [0.3, 0.4) is 0 Å². The topological polar surface area (TPSA) is 27.6 Å². The molecule has 1 fully saturated rings. The molecule has 0 amide bonds. The molecule has 0 bridgehead atoms. The molecule has 0 saturated carbocycles. The van der Waals surface area contributed by atoms with E-state index in [-0.39, 0.29) is 0 Å². The lowest BCUT2D eigenvalue weighted by molar-refractivity contribution is 0.375. The molecule has 1 atom stereocenters. The molecule has 1 unspecified atom stereocenters. The summed E-state index contributed by atoms with van der Waals surface area (Å²) in [5.74, 6) is 1.30. The molecule has 0 aromatic carbocycles. The van der Waals surface area contributed by atoms with Gasteiger partial charge in [-0.1, -0.05) is 6.92 Å². The fourth-order valence-electron chi connectivity index (χ4n) is 1.85. The highest BCUT2D eigenvalue weighted by Gasteiger charge is 2.27. The number of nitrogens with one attached hydrogen (secondary N) is 1. The second kappa shape index (κ2) is 2.81. The van der Waals surface area contributed by atoms with Crippen molar-refractivity contribution in [3.8, 4) is 0 Å². The summed E-state index contributed by atoms with van der Waals surface area (Å²) < 4.78 is 0. The largest absolute Gasteiger partial charge is 0.356 e. The van der Waals surface area contributed by atoms with Crippen molar-refractivity contribution in [3.05, 3.63) is 0 Å². The summed E-state index contributed by atoms with van der Waals surface area (Å²) in [6.45, 7) is 6.63. The van der Waals surface area contributed by atoms with E-state index in [1.165, 1.54) is 5.84 Å². The van der Waals surface area contributed by atoms with Gasteiger partial charge in [0.15, 0.2) is 0 Å². The Morgan fingerprint density at radius 3 is 3.36 bits per heavy atom. The Labute approximate surface area is 67.5 Å². The highest BCUT2D eigenvalue weighted by atomic mass is 15.3. The third-order valence-corrected chi connectivity index (χ3v) is 2.46. The zero-order valence-corrected chi connectivity index (χ0v) is 7.01. The zero-order chi connectivity index (χ0) is 7.68. The molecule has 0 aromatic rings. The van der Waals surface area contributed by atoms with Crippen LogP contribution in [0.1, 0.15) is 13.3 Å². The molecule has 11 heavy (non-hydrogen) atoms. The first kappa shape index (κ1) is 7.10. The standard InChI is InChI=1S/C8H15N3/c1-2-7-8-10-4-6-11(8)5-3-9-7/h7,9H,2-6H2,1H3. The van der Waals surface area contributed by atoms with Crippen molar-refractivity contribution in [2.75, 3.05) is 26.2 Å². The van der Waals surface area contributed by atoms with E-state index in [2.05, 4.69) is 22.1 Å². The van der Waals surface area contributed by atoms with Crippen LogP contribution in [-0.4, -0.2) is 43.0 Å². The minimum absolute atomic E-state index is 0.534. The number of rotatable bonds is 1. The normalized spacial score (nSPS) is 30.1. The molecule has 0 spiro atoms. The van der Waals surface area contributed by atoms with E-state index in [0.717, 1.165) is 32.6 Å². The van der Waals surface area contributed by atoms with Gasteiger partial charge in [0.2, 0.25) is 0 Å². The van der Waals surface area contributed by atoms with Crippen molar-refractivity contribution < 1.29 is 0 Å². The van der Waals surface area contributed by atoms with Gasteiger partial charge in [-0.25, -0.2) is 0 Å². The van der Waals surface area contributed by atoms with Gasteiger partial charge in [-0.3, -0.25) is 4.99 Å². The van der Waals surface area contributed by atoms with E-state index in [1.54, 1.807) is 0 Å². The van der Waals surface area contributed by atoms with Crippen LogP contribution in [0.2, 0.25) is 0 Å².